The molecule has 0 heterocycles. The van der Waals surface area contributed by atoms with E-state index in [0.29, 0.717) is 0 Å². The summed E-state index contributed by atoms with van der Waals surface area (Å²) in [4.78, 5) is 0. The van der Waals surface area contributed by atoms with Crippen LogP contribution >= 0.6 is 0 Å². The molecule has 0 aliphatic carbocycles. The van der Waals surface area contributed by atoms with Crippen molar-refractivity contribution in [3.8, 4) is 66.8 Å². The molecular weight excluding hydrogens is 697 g/mol. The van der Waals surface area contributed by atoms with Crippen molar-refractivity contribution in [3.63, 3.8) is 0 Å². The molecule has 0 saturated carbocycles. The highest BCUT2D eigenvalue weighted by Crippen LogP contribution is 2.47. The van der Waals surface area contributed by atoms with Gasteiger partial charge in [-0.1, -0.05) is 182 Å². The molecule has 0 heteroatoms. The molecule has 0 aromatic heterocycles. The van der Waals surface area contributed by atoms with Gasteiger partial charge in [0.1, 0.15) is 0 Å². The van der Waals surface area contributed by atoms with Crippen molar-refractivity contribution in [1.29, 1.82) is 0 Å². The molecule has 0 aliphatic rings. The summed E-state index contributed by atoms with van der Waals surface area (Å²) < 4.78 is 0. The van der Waals surface area contributed by atoms with Crippen molar-refractivity contribution in [1.82, 2.24) is 0 Å². The molecule has 11 aromatic rings. The third kappa shape index (κ3) is 6.04. The number of rotatable bonds is 6. The van der Waals surface area contributed by atoms with Crippen molar-refractivity contribution in [2.75, 3.05) is 0 Å². The summed E-state index contributed by atoms with van der Waals surface area (Å²) in [6.07, 6.45) is 0. The third-order valence-corrected chi connectivity index (χ3v) is 11.8. The van der Waals surface area contributed by atoms with Gasteiger partial charge in [-0.25, -0.2) is 0 Å². The van der Waals surface area contributed by atoms with Gasteiger partial charge in [0.05, 0.1) is 0 Å². The van der Waals surface area contributed by atoms with Gasteiger partial charge in [0, 0.05) is 0 Å². The fourth-order valence-corrected chi connectivity index (χ4v) is 8.96. The molecule has 0 nitrogen and oxygen atoms in total. The van der Waals surface area contributed by atoms with Gasteiger partial charge in [0.15, 0.2) is 0 Å². The Bertz CT molecular complexity index is 3040. The SMILES string of the molecule is c1ccc(-c2cc(-c3ccc4ccccc4c3)cc(-c3c4ccccc4c(-c4cc(-c5ccccc5)cc(-c5ccc6ccccc6c5)c4)c4ccccc34)c2)cc1. The highest BCUT2D eigenvalue weighted by atomic mass is 14.2. The Labute approximate surface area is 339 Å². The van der Waals surface area contributed by atoms with Crippen molar-refractivity contribution in [2.45, 2.75) is 0 Å². The first-order valence-corrected chi connectivity index (χ1v) is 20.1. The molecule has 0 radical (unpaired) electrons. The number of hydrogen-bond donors (Lipinski definition) is 0. The molecule has 11 aromatic carbocycles. The van der Waals surface area contributed by atoms with Crippen LogP contribution in [0, 0.1) is 0 Å². The fraction of sp³-hybridized carbons (Fsp3) is 0. The molecular formula is C58H38. The topological polar surface area (TPSA) is 0 Å². The maximum absolute atomic E-state index is 2.40. The van der Waals surface area contributed by atoms with Gasteiger partial charge in [-0.15, -0.1) is 0 Å². The van der Waals surface area contributed by atoms with E-state index in [2.05, 4.69) is 231 Å². The predicted molar refractivity (Wildman–Crippen MR) is 249 cm³/mol. The van der Waals surface area contributed by atoms with Crippen LogP contribution in [0.1, 0.15) is 0 Å². The average Bonchev–Trinajstić information content (AvgIpc) is 3.30. The quantitative estimate of drug-likeness (QED) is 0.149. The lowest BCUT2D eigenvalue weighted by atomic mass is 9.83. The van der Waals surface area contributed by atoms with Gasteiger partial charge >= 0.3 is 0 Å². The molecule has 0 spiro atoms. The van der Waals surface area contributed by atoms with E-state index in [1.165, 1.54) is 110 Å². The summed E-state index contributed by atoms with van der Waals surface area (Å²) in [5, 5.41) is 9.94. The van der Waals surface area contributed by atoms with Gasteiger partial charge in [0.2, 0.25) is 0 Å². The minimum atomic E-state index is 1.20. The second-order valence-corrected chi connectivity index (χ2v) is 15.3. The van der Waals surface area contributed by atoms with Crippen molar-refractivity contribution in [2.24, 2.45) is 0 Å². The van der Waals surface area contributed by atoms with Crippen LogP contribution in [0.25, 0.3) is 110 Å². The monoisotopic (exact) mass is 734 g/mol. The molecule has 0 N–H and O–H groups in total. The summed E-state index contributed by atoms with van der Waals surface area (Å²) in [6.45, 7) is 0. The summed E-state index contributed by atoms with van der Waals surface area (Å²) in [6, 6.07) is 84.8. The summed E-state index contributed by atoms with van der Waals surface area (Å²) in [5.41, 5.74) is 14.6. The van der Waals surface area contributed by atoms with Gasteiger partial charge in [-0.05, 0) is 158 Å². The summed E-state index contributed by atoms with van der Waals surface area (Å²) in [5.74, 6) is 0. The normalized spacial score (nSPS) is 11.4. The zero-order valence-corrected chi connectivity index (χ0v) is 31.9. The van der Waals surface area contributed by atoms with Crippen LogP contribution in [0.5, 0.6) is 0 Å². The summed E-state index contributed by atoms with van der Waals surface area (Å²) in [7, 11) is 0. The van der Waals surface area contributed by atoms with E-state index in [4.69, 9.17) is 0 Å². The van der Waals surface area contributed by atoms with Gasteiger partial charge in [-0.2, -0.15) is 0 Å². The molecule has 0 aliphatic heterocycles. The first-order valence-electron chi connectivity index (χ1n) is 20.1. The molecule has 0 fully saturated rings. The summed E-state index contributed by atoms with van der Waals surface area (Å²) >= 11 is 0. The lowest BCUT2D eigenvalue weighted by Gasteiger charge is -2.20. The maximum Gasteiger partial charge on any atom is -0.00259 e. The van der Waals surface area contributed by atoms with Gasteiger partial charge in [0.25, 0.3) is 0 Å². The van der Waals surface area contributed by atoms with E-state index in [-0.39, 0.29) is 0 Å². The van der Waals surface area contributed by atoms with Crippen molar-refractivity contribution in [3.05, 3.63) is 231 Å². The maximum atomic E-state index is 2.40. The minimum Gasteiger partial charge on any atom is -0.0622 e. The lowest BCUT2D eigenvalue weighted by Crippen LogP contribution is -1.93. The Balaban J connectivity index is 1.18. The van der Waals surface area contributed by atoms with Crippen LogP contribution in [0.2, 0.25) is 0 Å². The van der Waals surface area contributed by atoms with Crippen LogP contribution in [0.3, 0.4) is 0 Å². The second kappa shape index (κ2) is 14.2. The van der Waals surface area contributed by atoms with E-state index in [0.717, 1.165) is 0 Å². The Morgan fingerprint density at radius 3 is 0.828 bits per heavy atom. The van der Waals surface area contributed by atoms with Crippen LogP contribution in [-0.2, 0) is 0 Å². The smallest absolute Gasteiger partial charge is 0.00259 e. The zero-order valence-electron chi connectivity index (χ0n) is 31.9. The van der Waals surface area contributed by atoms with E-state index in [9.17, 15) is 0 Å². The molecule has 0 atom stereocenters. The molecule has 0 amide bonds. The Morgan fingerprint density at radius 1 is 0.155 bits per heavy atom. The Morgan fingerprint density at radius 2 is 0.448 bits per heavy atom. The Kier molecular flexibility index (Phi) is 8.26. The van der Waals surface area contributed by atoms with E-state index < -0.39 is 0 Å². The van der Waals surface area contributed by atoms with E-state index in [1.807, 2.05) is 0 Å². The second-order valence-electron chi connectivity index (χ2n) is 15.3. The average molecular weight is 735 g/mol. The van der Waals surface area contributed by atoms with Crippen LogP contribution in [0.15, 0.2) is 231 Å². The molecule has 58 heavy (non-hydrogen) atoms. The standard InChI is InChI=1S/C58H38/c1-3-15-39(16-4-1)47-33-49(45-29-27-41-19-7-9-21-43(41)31-45)37-51(35-47)57-53-23-11-13-25-55(53)58(56-26-14-12-24-54(56)57)52-36-48(40-17-5-2-6-18-40)34-50(38-52)46-30-28-42-20-8-10-22-44(42)32-46/h1-38H. The number of benzene rings is 11. The predicted octanol–water partition coefficient (Wildman–Crippen LogP) is 16.3. The van der Waals surface area contributed by atoms with Crippen molar-refractivity contribution >= 4 is 43.1 Å². The largest absolute Gasteiger partial charge is 0.0622 e. The zero-order chi connectivity index (χ0) is 38.4. The molecule has 270 valence electrons. The van der Waals surface area contributed by atoms with Crippen molar-refractivity contribution < 1.29 is 0 Å². The third-order valence-electron chi connectivity index (χ3n) is 11.8. The molecule has 0 unspecified atom stereocenters. The number of hydrogen-bond acceptors (Lipinski definition) is 0. The first kappa shape index (κ1) is 33.8. The highest BCUT2D eigenvalue weighted by Gasteiger charge is 2.19. The fourth-order valence-electron chi connectivity index (χ4n) is 8.96. The van der Waals surface area contributed by atoms with E-state index in [1.54, 1.807) is 0 Å². The van der Waals surface area contributed by atoms with E-state index >= 15 is 0 Å². The van der Waals surface area contributed by atoms with Gasteiger partial charge in [-0.3, -0.25) is 0 Å². The first-order chi connectivity index (χ1) is 28.7. The van der Waals surface area contributed by atoms with Crippen LogP contribution < -0.4 is 0 Å². The molecule has 0 bridgehead atoms. The molecule has 11 rings (SSSR count). The van der Waals surface area contributed by atoms with Crippen LogP contribution in [-0.4, -0.2) is 0 Å². The Hall–Kier alpha value is -7.54. The van der Waals surface area contributed by atoms with Crippen LogP contribution in [0.4, 0.5) is 0 Å². The lowest BCUT2D eigenvalue weighted by molar-refractivity contribution is 1.58. The highest BCUT2D eigenvalue weighted by molar-refractivity contribution is 6.22. The minimum absolute atomic E-state index is 1.20. The molecule has 0 saturated heterocycles. The number of fused-ring (bicyclic) bond motifs is 4. The van der Waals surface area contributed by atoms with Gasteiger partial charge < -0.3 is 0 Å².